The van der Waals surface area contributed by atoms with Gasteiger partial charge in [0, 0.05) is 23.0 Å². The van der Waals surface area contributed by atoms with E-state index in [2.05, 4.69) is 25.6 Å². The molecular weight excluding hydrogens is 442 g/mol. The number of ether oxygens (including phenoxy) is 1. The van der Waals surface area contributed by atoms with Gasteiger partial charge >= 0.3 is 0 Å². The van der Waals surface area contributed by atoms with Crippen LogP contribution < -0.4 is 15.4 Å². The van der Waals surface area contributed by atoms with Crippen molar-refractivity contribution < 1.29 is 17.9 Å². The van der Waals surface area contributed by atoms with E-state index in [0.717, 1.165) is 6.26 Å². The zero-order valence-corrected chi connectivity index (χ0v) is 18.5. The van der Waals surface area contributed by atoms with Crippen molar-refractivity contribution in [1.29, 1.82) is 0 Å². The highest BCUT2D eigenvalue weighted by Crippen LogP contribution is 2.22. The molecule has 0 aliphatic carbocycles. The Morgan fingerprint density at radius 1 is 1.13 bits per heavy atom. The molecule has 0 fully saturated rings. The molecule has 0 unspecified atom stereocenters. The molecule has 3 aromatic rings. The van der Waals surface area contributed by atoms with Gasteiger partial charge in [0.1, 0.15) is 17.3 Å². The summed E-state index contributed by atoms with van der Waals surface area (Å²) in [5.74, 6) is 0.342. The summed E-state index contributed by atoms with van der Waals surface area (Å²) in [5, 5.41) is 5.99. The Hall–Kier alpha value is -3.24. The zero-order valence-electron chi connectivity index (χ0n) is 17.0. The lowest BCUT2D eigenvalue weighted by Crippen LogP contribution is -2.28. The summed E-state index contributed by atoms with van der Waals surface area (Å²) in [6.45, 7) is 1.68. The van der Waals surface area contributed by atoms with E-state index in [-0.39, 0.29) is 16.7 Å². The molecule has 1 amide bonds. The summed E-state index contributed by atoms with van der Waals surface area (Å²) >= 11 is 5.90. The highest BCUT2D eigenvalue weighted by molar-refractivity contribution is 7.90. The van der Waals surface area contributed by atoms with E-state index in [0.29, 0.717) is 22.2 Å². The summed E-state index contributed by atoms with van der Waals surface area (Å²) < 4.78 is 29.2. The number of carbonyl (C=O) groups excluding carboxylic acids is 1. The Morgan fingerprint density at radius 2 is 1.84 bits per heavy atom. The molecule has 0 saturated heterocycles. The van der Waals surface area contributed by atoms with Crippen molar-refractivity contribution in [3.8, 4) is 5.75 Å². The zero-order chi connectivity index (χ0) is 22.6. The molecule has 31 heavy (non-hydrogen) atoms. The van der Waals surface area contributed by atoms with Crippen LogP contribution in [0, 0.1) is 0 Å². The molecule has 2 N–H and O–H groups in total. The van der Waals surface area contributed by atoms with E-state index in [1.165, 1.54) is 19.4 Å². The van der Waals surface area contributed by atoms with Gasteiger partial charge in [-0.2, -0.15) is 0 Å². The van der Waals surface area contributed by atoms with Gasteiger partial charge in [-0.05, 0) is 43.3 Å². The van der Waals surface area contributed by atoms with Crippen LogP contribution in [0.3, 0.4) is 0 Å². The van der Waals surface area contributed by atoms with Crippen LogP contribution in [-0.2, 0) is 9.84 Å². The SMILES string of the molecule is COc1ccc(C(=O)N[C@@H](C)c2cc(Nc3ccc(Cl)cc3)nc(S(C)(=O)=O)n2)nc1. The lowest BCUT2D eigenvalue weighted by atomic mass is 10.2. The van der Waals surface area contributed by atoms with Crippen LogP contribution in [0.15, 0.2) is 53.8 Å². The number of hydrogen-bond acceptors (Lipinski definition) is 8. The molecular formula is C20H20ClN5O4S. The van der Waals surface area contributed by atoms with Crippen LogP contribution in [-0.4, -0.2) is 42.6 Å². The van der Waals surface area contributed by atoms with Crippen LogP contribution in [0.5, 0.6) is 5.75 Å². The maximum atomic E-state index is 12.5. The van der Waals surface area contributed by atoms with Crippen LogP contribution in [0.4, 0.5) is 11.5 Å². The number of nitrogens with one attached hydrogen (secondary N) is 2. The van der Waals surface area contributed by atoms with Crippen molar-refractivity contribution in [2.75, 3.05) is 18.7 Å². The van der Waals surface area contributed by atoms with Gasteiger partial charge in [-0.25, -0.2) is 23.4 Å². The average molecular weight is 462 g/mol. The first-order valence-corrected chi connectivity index (χ1v) is 11.3. The van der Waals surface area contributed by atoms with E-state index in [1.54, 1.807) is 43.3 Å². The molecule has 0 radical (unpaired) electrons. The predicted octanol–water partition coefficient (Wildman–Crippen LogP) is 3.17. The normalized spacial score (nSPS) is 12.1. The lowest BCUT2D eigenvalue weighted by Gasteiger charge is -2.16. The van der Waals surface area contributed by atoms with Gasteiger partial charge in [-0.15, -0.1) is 0 Å². The van der Waals surface area contributed by atoms with Crippen molar-refractivity contribution in [1.82, 2.24) is 20.3 Å². The van der Waals surface area contributed by atoms with Gasteiger partial charge in [0.15, 0.2) is 0 Å². The molecule has 0 saturated carbocycles. The largest absolute Gasteiger partial charge is 0.495 e. The van der Waals surface area contributed by atoms with E-state index in [1.807, 2.05) is 0 Å². The van der Waals surface area contributed by atoms with Crippen LogP contribution in [0.2, 0.25) is 5.02 Å². The highest BCUT2D eigenvalue weighted by atomic mass is 35.5. The maximum absolute atomic E-state index is 12.5. The first kappa shape index (κ1) is 22.4. The Kier molecular flexibility index (Phi) is 6.71. The minimum atomic E-state index is -3.69. The lowest BCUT2D eigenvalue weighted by molar-refractivity contribution is 0.0934. The first-order valence-electron chi connectivity index (χ1n) is 9.08. The van der Waals surface area contributed by atoms with Gasteiger partial charge in [0.25, 0.3) is 5.91 Å². The van der Waals surface area contributed by atoms with Crippen molar-refractivity contribution >= 4 is 38.9 Å². The second-order valence-electron chi connectivity index (χ2n) is 6.64. The molecule has 1 aromatic carbocycles. The molecule has 2 aromatic heterocycles. The minimum absolute atomic E-state index is 0.185. The number of aromatic nitrogens is 3. The Bertz CT molecular complexity index is 1190. The summed E-state index contributed by atoms with van der Waals surface area (Å²) in [6, 6.07) is 10.9. The average Bonchev–Trinajstić information content (AvgIpc) is 2.74. The number of carbonyl (C=O) groups is 1. The van der Waals surface area contributed by atoms with Gasteiger partial charge < -0.3 is 15.4 Å². The third-order valence-electron chi connectivity index (χ3n) is 4.17. The molecule has 162 valence electrons. The van der Waals surface area contributed by atoms with Gasteiger partial charge in [0.05, 0.1) is 25.0 Å². The minimum Gasteiger partial charge on any atom is -0.495 e. The summed E-state index contributed by atoms with van der Waals surface area (Å²) in [6.07, 6.45) is 2.45. The number of benzene rings is 1. The van der Waals surface area contributed by atoms with Crippen LogP contribution >= 0.6 is 11.6 Å². The molecule has 1 atom stereocenters. The maximum Gasteiger partial charge on any atom is 0.270 e. The monoisotopic (exact) mass is 461 g/mol. The molecule has 9 nitrogen and oxygen atoms in total. The topological polar surface area (TPSA) is 123 Å². The third kappa shape index (κ3) is 5.89. The number of sulfone groups is 1. The summed E-state index contributed by atoms with van der Waals surface area (Å²) in [4.78, 5) is 24.8. The van der Waals surface area contributed by atoms with Crippen molar-refractivity contribution in [3.63, 3.8) is 0 Å². The fraction of sp³-hybridized carbons (Fsp3) is 0.200. The number of rotatable bonds is 7. The third-order valence-corrected chi connectivity index (χ3v) is 5.27. The second kappa shape index (κ2) is 9.27. The number of halogens is 1. The summed E-state index contributed by atoms with van der Waals surface area (Å²) in [5.41, 5.74) is 1.16. The van der Waals surface area contributed by atoms with E-state index in [9.17, 15) is 13.2 Å². The number of methoxy groups -OCH3 is 1. The fourth-order valence-electron chi connectivity index (χ4n) is 2.56. The van der Waals surface area contributed by atoms with Gasteiger partial charge in [-0.3, -0.25) is 4.79 Å². The Balaban J connectivity index is 1.87. The van der Waals surface area contributed by atoms with Crippen molar-refractivity contribution in [3.05, 3.63) is 65.1 Å². The molecule has 0 aliphatic rings. The number of anilines is 2. The van der Waals surface area contributed by atoms with E-state index in [4.69, 9.17) is 16.3 Å². The quantitative estimate of drug-likeness (QED) is 0.514. The second-order valence-corrected chi connectivity index (χ2v) is 8.99. The highest BCUT2D eigenvalue weighted by Gasteiger charge is 2.19. The number of nitrogens with zero attached hydrogens (tertiary/aromatic N) is 3. The number of pyridine rings is 1. The van der Waals surface area contributed by atoms with Crippen molar-refractivity contribution in [2.45, 2.75) is 18.1 Å². The Morgan fingerprint density at radius 3 is 2.42 bits per heavy atom. The molecule has 0 spiro atoms. The van der Waals surface area contributed by atoms with E-state index >= 15 is 0 Å². The standard InChI is InChI=1S/C20H20ClN5O4S/c1-12(23-19(27)16-9-8-15(30-2)11-22-16)17-10-18(26-20(25-17)31(3,28)29)24-14-6-4-13(21)5-7-14/h4-12H,1-3H3,(H,23,27)(H,24,25,26)/t12-/m0/s1. The van der Waals surface area contributed by atoms with Gasteiger partial charge in [-0.1, -0.05) is 11.6 Å². The first-order chi connectivity index (χ1) is 14.7. The molecule has 2 heterocycles. The number of hydrogen-bond donors (Lipinski definition) is 2. The smallest absolute Gasteiger partial charge is 0.270 e. The predicted molar refractivity (Wildman–Crippen MR) is 117 cm³/mol. The summed E-state index contributed by atoms with van der Waals surface area (Å²) in [7, 11) is -2.19. The van der Waals surface area contributed by atoms with Crippen LogP contribution in [0.1, 0.15) is 29.1 Å². The van der Waals surface area contributed by atoms with Gasteiger partial charge in [0.2, 0.25) is 15.0 Å². The van der Waals surface area contributed by atoms with E-state index < -0.39 is 21.8 Å². The number of amides is 1. The van der Waals surface area contributed by atoms with Crippen molar-refractivity contribution in [2.24, 2.45) is 0 Å². The molecule has 0 bridgehead atoms. The molecule has 3 rings (SSSR count). The van der Waals surface area contributed by atoms with Crippen LogP contribution in [0.25, 0.3) is 0 Å². The Labute approximate surface area is 184 Å². The fourth-order valence-corrected chi connectivity index (χ4v) is 3.22. The molecule has 0 aliphatic heterocycles. The molecule has 11 heteroatoms.